The van der Waals surface area contributed by atoms with Gasteiger partial charge in [0.25, 0.3) is 5.69 Å². The second-order valence-corrected chi connectivity index (χ2v) is 10.0. The number of nitro groups is 1. The molecule has 0 spiro atoms. The SMILES string of the molecule is COC(=O)C1=C(C)N(OCC2CCCO2)C(C)=C([PH2]=O)C1(OCC1CCCO1)c1cccc([N+](=O)[O-])c1. The van der Waals surface area contributed by atoms with E-state index in [1.165, 1.54) is 30.4 Å². The summed E-state index contributed by atoms with van der Waals surface area (Å²) in [6, 6.07) is 5.84. The Morgan fingerprint density at radius 1 is 1.16 bits per heavy atom. The summed E-state index contributed by atoms with van der Waals surface area (Å²) in [5, 5.41) is 13.4. The average molecular weight is 537 g/mol. The summed E-state index contributed by atoms with van der Waals surface area (Å²) in [4.78, 5) is 30.6. The Morgan fingerprint density at radius 3 is 2.41 bits per heavy atom. The van der Waals surface area contributed by atoms with Gasteiger partial charge in [0.15, 0.2) is 5.60 Å². The maximum absolute atomic E-state index is 13.4. The fraction of sp³-hybridized carbons (Fsp3) is 0.560. The van der Waals surface area contributed by atoms with Crippen LogP contribution in [0.5, 0.6) is 0 Å². The molecule has 3 aliphatic rings. The number of nitrogens with zero attached hydrogens (tertiary/aromatic N) is 2. The molecule has 4 atom stereocenters. The van der Waals surface area contributed by atoms with Crippen LogP contribution in [-0.4, -0.2) is 61.7 Å². The van der Waals surface area contributed by atoms with Crippen LogP contribution in [0.2, 0.25) is 0 Å². The summed E-state index contributed by atoms with van der Waals surface area (Å²) in [7, 11) is -0.416. The predicted molar refractivity (Wildman–Crippen MR) is 134 cm³/mol. The number of hydroxylamine groups is 2. The first-order valence-electron chi connectivity index (χ1n) is 12.3. The predicted octanol–water partition coefficient (Wildman–Crippen LogP) is 3.85. The molecule has 0 N–H and O–H groups in total. The van der Waals surface area contributed by atoms with E-state index in [1.54, 1.807) is 19.9 Å². The molecule has 2 saturated heterocycles. The minimum Gasteiger partial charge on any atom is -0.466 e. The highest BCUT2D eigenvalue weighted by Gasteiger charge is 2.52. The third-order valence-electron chi connectivity index (χ3n) is 6.99. The van der Waals surface area contributed by atoms with E-state index in [0.717, 1.165) is 25.7 Å². The number of carbonyl (C=O) groups excluding carboxylic acids is 1. The van der Waals surface area contributed by atoms with Gasteiger partial charge in [0.1, 0.15) is 6.61 Å². The molecule has 12 heteroatoms. The van der Waals surface area contributed by atoms with E-state index in [1.807, 2.05) is 0 Å². The van der Waals surface area contributed by atoms with Crippen molar-refractivity contribution in [3.8, 4) is 0 Å². The van der Waals surface area contributed by atoms with Crippen molar-refractivity contribution in [1.82, 2.24) is 5.06 Å². The maximum Gasteiger partial charge on any atom is 0.339 e. The molecular formula is C25H33N2O9P. The number of rotatable bonds is 10. The molecule has 1 aromatic rings. The number of non-ortho nitro benzene ring substituents is 1. The Morgan fingerprint density at radius 2 is 1.84 bits per heavy atom. The summed E-state index contributed by atoms with van der Waals surface area (Å²) in [5.74, 6) is -0.722. The average Bonchev–Trinajstić information content (AvgIpc) is 3.61. The third-order valence-corrected chi connectivity index (χ3v) is 8.05. The molecule has 0 amide bonds. The van der Waals surface area contributed by atoms with E-state index in [0.29, 0.717) is 30.2 Å². The molecule has 4 unspecified atom stereocenters. The van der Waals surface area contributed by atoms with Gasteiger partial charge in [-0.25, -0.2) is 9.86 Å². The minimum atomic E-state index is -1.69. The lowest BCUT2D eigenvalue weighted by Crippen LogP contribution is -2.46. The van der Waals surface area contributed by atoms with Crippen LogP contribution in [0.25, 0.3) is 0 Å². The van der Waals surface area contributed by atoms with E-state index in [2.05, 4.69) is 0 Å². The zero-order chi connectivity index (χ0) is 26.6. The topological polar surface area (TPSA) is 127 Å². The van der Waals surface area contributed by atoms with Crippen molar-refractivity contribution in [2.45, 2.75) is 57.3 Å². The lowest BCUT2D eigenvalue weighted by molar-refractivity contribution is -0.385. The van der Waals surface area contributed by atoms with Crippen LogP contribution in [0.3, 0.4) is 0 Å². The van der Waals surface area contributed by atoms with Crippen molar-refractivity contribution < 1.29 is 38.1 Å². The van der Waals surface area contributed by atoms with Crippen molar-refractivity contribution in [2.24, 2.45) is 0 Å². The molecule has 4 rings (SSSR count). The van der Waals surface area contributed by atoms with Gasteiger partial charge in [0, 0.05) is 36.2 Å². The van der Waals surface area contributed by atoms with Crippen LogP contribution in [0, 0.1) is 10.1 Å². The molecule has 0 bridgehead atoms. The van der Waals surface area contributed by atoms with Gasteiger partial charge in [0.2, 0.25) is 0 Å². The number of hydrogen-bond donors (Lipinski definition) is 0. The number of benzene rings is 1. The molecule has 202 valence electrons. The normalized spacial score (nSPS) is 26.5. The van der Waals surface area contributed by atoms with Crippen LogP contribution in [0.15, 0.2) is 46.5 Å². The van der Waals surface area contributed by atoms with Crippen LogP contribution in [-0.2, 0) is 38.7 Å². The van der Waals surface area contributed by atoms with Crippen molar-refractivity contribution >= 4 is 20.1 Å². The molecule has 0 saturated carbocycles. The van der Waals surface area contributed by atoms with Gasteiger partial charge in [-0.2, -0.15) is 0 Å². The first kappa shape index (κ1) is 27.5. The first-order chi connectivity index (χ1) is 17.8. The number of allylic oxidation sites excluding steroid dienone is 2. The van der Waals surface area contributed by atoms with Gasteiger partial charge in [-0.1, -0.05) is 12.1 Å². The first-order valence-corrected chi connectivity index (χ1v) is 13.4. The third kappa shape index (κ3) is 5.37. The van der Waals surface area contributed by atoms with E-state index < -0.39 is 25.0 Å². The Hall–Kier alpha value is -2.56. The van der Waals surface area contributed by atoms with E-state index in [-0.39, 0.29) is 42.0 Å². The largest absolute Gasteiger partial charge is 0.466 e. The van der Waals surface area contributed by atoms with E-state index >= 15 is 0 Å². The van der Waals surface area contributed by atoms with Crippen molar-refractivity contribution in [3.05, 3.63) is 62.2 Å². The van der Waals surface area contributed by atoms with Crippen LogP contribution in [0.4, 0.5) is 5.69 Å². The number of ether oxygens (including phenoxy) is 4. The highest BCUT2D eigenvalue weighted by molar-refractivity contribution is 7.29. The Balaban J connectivity index is 1.88. The van der Waals surface area contributed by atoms with Crippen LogP contribution < -0.4 is 0 Å². The quantitative estimate of drug-likeness (QED) is 0.188. The van der Waals surface area contributed by atoms with Gasteiger partial charge < -0.3 is 23.5 Å². The second kappa shape index (κ2) is 11.9. The molecule has 37 heavy (non-hydrogen) atoms. The van der Waals surface area contributed by atoms with Gasteiger partial charge in [0.05, 0.1) is 56.3 Å². The summed E-state index contributed by atoms with van der Waals surface area (Å²) >= 11 is 0. The number of esters is 1. The molecule has 3 aliphatic heterocycles. The highest BCUT2D eigenvalue weighted by atomic mass is 31.1. The number of nitro benzene ring substituents is 1. The molecular weight excluding hydrogens is 503 g/mol. The van der Waals surface area contributed by atoms with E-state index in [9.17, 15) is 19.5 Å². The summed E-state index contributed by atoms with van der Waals surface area (Å²) in [6.45, 7) is 5.00. The van der Waals surface area contributed by atoms with Crippen molar-refractivity contribution in [2.75, 3.05) is 33.5 Å². The van der Waals surface area contributed by atoms with Gasteiger partial charge in [-0.3, -0.25) is 15.0 Å². The minimum absolute atomic E-state index is 0.0461. The zero-order valence-corrected chi connectivity index (χ0v) is 22.4. The monoisotopic (exact) mass is 536 g/mol. The molecule has 0 radical (unpaired) electrons. The Bertz CT molecular complexity index is 1110. The highest BCUT2D eigenvalue weighted by Crippen LogP contribution is 2.53. The lowest BCUT2D eigenvalue weighted by atomic mass is 9.80. The van der Waals surface area contributed by atoms with E-state index in [4.69, 9.17) is 23.8 Å². The number of hydrogen-bond acceptors (Lipinski definition) is 10. The standard InChI is InChI=1S/C25H33N2O9P/c1-16-22(24(28)32-3)25(35-14-20-9-5-11-33-20,18-7-4-8-19(13-18)27(29)30)23(37-31)17(2)26(16)36-15-21-10-6-12-34-21/h4,7-8,13,20-21H,5-6,9-12,14-15,37H2,1-3H3. The second-order valence-electron chi connectivity index (χ2n) is 9.23. The van der Waals surface area contributed by atoms with Gasteiger partial charge in [-0.15, -0.1) is 0 Å². The van der Waals surface area contributed by atoms with Gasteiger partial charge >= 0.3 is 5.97 Å². The number of carbonyl (C=O) groups is 1. The summed E-state index contributed by atoms with van der Waals surface area (Å²) < 4.78 is 36.1. The fourth-order valence-electron chi connectivity index (χ4n) is 5.16. The lowest BCUT2D eigenvalue weighted by Gasteiger charge is -2.44. The molecule has 1 aromatic carbocycles. The summed E-state index contributed by atoms with van der Waals surface area (Å²) in [6.07, 6.45) is 3.10. The smallest absolute Gasteiger partial charge is 0.339 e. The fourth-order valence-corrected chi connectivity index (χ4v) is 6.01. The summed E-state index contributed by atoms with van der Waals surface area (Å²) in [5.41, 5.74) is -0.681. The number of methoxy groups -OCH3 is 1. The van der Waals surface area contributed by atoms with Crippen molar-refractivity contribution in [3.63, 3.8) is 0 Å². The van der Waals surface area contributed by atoms with Crippen LogP contribution >= 0.6 is 8.46 Å². The molecule has 0 aliphatic carbocycles. The molecule has 3 heterocycles. The Kier molecular flexibility index (Phi) is 8.82. The maximum atomic E-state index is 13.4. The van der Waals surface area contributed by atoms with Gasteiger partial charge in [-0.05, 0) is 39.5 Å². The Labute approximate surface area is 216 Å². The zero-order valence-electron chi connectivity index (χ0n) is 21.3. The molecule has 2 fully saturated rings. The van der Waals surface area contributed by atoms with Crippen molar-refractivity contribution in [1.29, 1.82) is 0 Å². The van der Waals surface area contributed by atoms with Crippen LogP contribution in [0.1, 0.15) is 45.1 Å². The molecule has 11 nitrogen and oxygen atoms in total. The molecule has 0 aromatic heterocycles.